The van der Waals surface area contributed by atoms with Crippen LogP contribution in [-0.2, 0) is 4.84 Å². The van der Waals surface area contributed by atoms with Gasteiger partial charge in [-0.3, -0.25) is 4.84 Å². The minimum Gasteiger partial charge on any atom is -0.296 e. The van der Waals surface area contributed by atoms with Gasteiger partial charge < -0.3 is 0 Å². The summed E-state index contributed by atoms with van der Waals surface area (Å²) in [6.45, 7) is 13.6. The molecule has 0 saturated heterocycles. The molecule has 4 atom stereocenters. The highest BCUT2D eigenvalue weighted by Gasteiger charge is 2.39. The first kappa shape index (κ1) is 18.2. The molecule has 0 amide bonds. The topological polar surface area (TPSA) is 21.3 Å². The second kappa shape index (κ2) is 7.72. The first-order valence-electron chi connectivity index (χ1n) is 7.19. The van der Waals surface area contributed by atoms with E-state index in [-0.39, 0.29) is 11.0 Å². The monoisotopic (exact) mass is 277 g/mol. The number of halogens is 1. The smallest absolute Gasteiger partial charge is 0.0871 e. The van der Waals surface area contributed by atoms with Crippen molar-refractivity contribution in [3.8, 4) is 0 Å². The quantitative estimate of drug-likeness (QED) is 0.490. The van der Waals surface area contributed by atoms with Crippen LogP contribution in [0.3, 0.4) is 0 Å². The van der Waals surface area contributed by atoms with Gasteiger partial charge in [-0.25, -0.2) is 5.48 Å². The van der Waals surface area contributed by atoms with Gasteiger partial charge in [-0.15, -0.1) is 11.6 Å². The van der Waals surface area contributed by atoms with Gasteiger partial charge in [0.05, 0.1) is 5.60 Å². The molecular weight excluding hydrogens is 246 g/mol. The summed E-state index contributed by atoms with van der Waals surface area (Å²) in [7, 11) is 1.84. The van der Waals surface area contributed by atoms with E-state index in [2.05, 4.69) is 47.0 Å². The molecule has 1 N–H and O–H groups in total. The van der Waals surface area contributed by atoms with E-state index in [1.54, 1.807) is 0 Å². The lowest BCUT2D eigenvalue weighted by atomic mass is 9.65. The van der Waals surface area contributed by atoms with E-state index in [9.17, 15) is 0 Å². The van der Waals surface area contributed by atoms with Crippen LogP contribution in [0.1, 0.15) is 60.8 Å². The number of hydrogen-bond donors (Lipinski definition) is 1. The van der Waals surface area contributed by atoms with E-state index in [0.29, 0.717) is 11.8 Å². The molecule has 2 nitrogen and oxygen atoms in total. The molecule has 0 aromatic heterocycles. The van der Waals surface area contributed by atoms with Gasteiger partial charge in [0.15, 0.2) is 0 Å². The minimum atomic E-state index is -0.111. The van der Waals surface area contributed by atoms with Gasteiger partial charge in [-0.2, -0.15) is 0 Å². The van der Waals surface area contributed by atoms with Crippen molar-refractivity contribution in [3.63, 3.8) is 0 Å². The molecule has 0 saturated carbocycles. The van der Waals surface area contributed by atoms with E-state index in [0.717, 1.165) is 25.1 Å². The standard InChI is InChI=1S/C15H32ClNO/c1-8-14(5,13(4)12(3)10-16)11-15(6,9-2)18-17-7/h12-13,17H,8-11H2,1-7H3. The summed E-state index contributed by atoms with van der Waals surface area (Å²) in [6, 6.07) is 0. The van der Waals surface area contributed by atoms with Gasteiger partial charge in [0, 0.05) is 12.9 Å². The molecule has 0 aliphatic rings. The molecule has 0 radical (unpaired) electrons. The van der Waals surface area contributed by atoms with Crippen LogP contribution in [0.25, 0.3) is 0 Å². The predicted molar refractivity (Wildman–Crippen MR) is 80.9 cm³/mol. The molecule has 4 unspecified atom stereocenters. The molecule has 0 rings (SSSR count). The fraction of sp³-hybridized carbons (Fsp3) is 1.00. The molecule has 0 bridgehead atoms. The van der Waals surface area contributed by atoms with Crippen LogP contribution in [0, 0.1) is 17.3 Å². The van der Waals surface area contributed by atoms with Gasteiger partial charge in [0.1, 0.15) is 0 Å². The highest BCUT2D eigenvalue weighted by atomic mass is 35.5. The Morgan fingerprint density at radius 2 is 1.72 bits per heavy atom. The number of rotatable bonds is 9. The van der Waals surface area contributed by atoms with Gasteiger partial charge in [0.2, 0.25) is 0 Å². The van der Waals surface area contributed by atoms with Crippen molar-refractivity contribution in [2.45, 2.75) is 66.4 Å². The lowest BCUT2D eigenvalue weighted by Crippen LogP contribution is -2.42. The molecule has 0 aliphatic heterocycles. The third-order valence-electron chi connectivity index (χ3n) is 4.88. The van der Waals surface area contributed by atoms with Gasteiger partial charge in [0.25, 0.3) is 0 Å². The maximum absolute atomic E-state index is 6.03. The molecule has 110 valence electrons. The zero-order chi connectivity index (χ0) is 14.4. The molecular formula is C15H32ClNO. The minimum absolute atomic E-state index is 0.111. The Labute approximate surface area is 119 Å². The maximum Gasteiger partial charge on any atom is 0.0871 e. The largest absolute Gasteiger partial charge is 0.296 e. The normalized spacial score (nSPS) is 22.0. The molecule has 0 aromatic carbocycles. The number of hydrogen-bond acceptors (Lipinski definition) is 2. The third kappa shape index (κ3) is 4.71. The summed E-state index contributed by atoms with van der Waals surface area (Å²) in [6.07, 6.45) is 3.21. The average Bonchev–Trinajstić information content (AvgIpc) is 2.36. The van der Waals surface area contributed by atoms with Crippen molar-refractivity contribution < 1.29 is 4.84 Å². The van der Waals surface area contributed by atoms with Crippen LogP contribution in [0.5, 0.6) is 0 Å². The number of nitrogens with one attached hydrogen (secondary N) is 1. The summed E-state index contributed by atoms with van der Waals surface area (Å²) in [5.74, 6) is 1.85. The Bertz CT molecular complexity index is 237. The van der Waals surface area contributed by atoms with Gasteiger partial charge >= 0.3 is 0 Å². The first-order valence-corrected chi connectivity index (χ1v) is 7.72. The SMILES string of the molecule is CCC(C)(CC(C)(CC)C(C)C(C)CCl)ONC. The van der Waals surface area contributed by atoms with Crippen LogP contribution >= 0.6 is 11.6 Å². The van der Waals surface area contributed by atoms with Crippen LogP contribution in [0.15, 0.2) is 0 Å². The van der Waals surface area contributed by atoms with E-state index in [4.69, 9.17) is 16.4 Å². The Balaban J connectivity index is 4.93. The van der Waals surface area contributed by atoms with E-state index >= 15 is 0 Å². The molecule has 0 spiro atoms. The lowest BCUT2D eigenvalue weighted by Gasteiger charge is -2.43. The Kier molecular flexibility index (Phi) is 7.81. The molecule has 0 aromatic rings. The molecule has 0 heterocycles. The summed E-state index contributed by atoms with van der Waals surface area (Å²) in [5.41, 5.74) is 3.01. The Morgan fingerprint density at radius 3 is 2.06 bits per heavy atom. The maximum atomic E-state index is 6.03. The Hall–Kier alpha value is 0.210. The second-order valence-electron chi connectivity index (χ2n) is 6.21. The summed E-state index contributed by atoms with van der Waals surface area (Å²) >= 11 is 6.03. The molecule has 0 fully saturated rings. The zero-order valence-electron chi connectivity index (χ0n) is 13.3. The fourth-order valence-corrected chi connectivity index (χ4v) is 3.03. The van der Waals surface area contributed by atoms with Gasteiger partial charge in [-0.1, -0.05) is 41.0 Å². The van der Waals surface area contributed by atoms with Crippen molar-refractivity contribution in [3.05, 3.63) is 0 Å². The van der Waals surface area contributed by atoms with E-state index in [1.165, 1.54) is 0 Å². The lowest BCUT2D eigenvalue weighted by molar-refractivity contribution is -0.120. The second-order valence-corrected chi connectivity index (χ2v) is 6.52. The van der Waals surface area contributed by atoms with Crippen LogP contribution in [0.2, 0.25) is 0 Å². The summed E-state index contributed by atoms with van der Waals surface area (Å²) in [5, 5.41) is 0. The van der Waals surface area contributed by atoms with Crippen LogP contribution in [-0.4, -0.2) is 18.5 Å². The van der Waals surface area contributed by atoms with Gasteiger partial charge in [-0.05, 0) is 37.0 Å². The summed E-state index contributed by atoms with van der Waals surface area (Å²) in [4.78, 5) is 5.76. The highest BCUT2D eigenvalue weighted by molar-refractivity contribution is 6.18. The average molecular weight is 278 g/mol. The van der Waals surface area contributed by atoms with Crippen molar-refractivity contribution in [2.75, 3.05) is 12.9 Å². The molecule has 3 heteroatoms. The summed E-state index contributed by atoms with van der Waals surface area (Å²) < 4.78 is 0. The molecule has 0 aliphatic carbocycles. The van der Waals surface area contributed by atoms with Crippen molar-refractivity contribution in [1.29, 1.82) is 0 Å². The van der Waals surface area contributed by atoms with Crippen LogP contribution in [0.4, 0.5) is 0 Å². The van der Waals surface area contributed by atoms with Crippen LogP contribution < -0.4 is 5.48 Å². The van der Waals surface area contributed by atoms with E-state index < -0.39 is 0 Å². The zero-order valence-corrected chi connectivity index (χ0v) is 14.0. The van der Waals surface area contributed by atoms with Crippen molar-refractivity contribution in [1.82, 2.24) is 5.48 Å². The van der Waals surface area contributed by atoms with Crippen molar-refractivity contribution in [2.24, 2.45) is 17.3 Å². The Morgan fingerprint density at radius 1 is 1.17 bits per heavy atom. The highest BCUT2D eigenvalue weighted by Crippen LogP contribution is 2.44. The van der Waals surface area contributed by atoms with Crippen molar-refractivity contribution >= 4 is 11.6 Å². The molecule has 18 heavy (non-hydrogen) atoms. The number of alkyl halides is 1. The predicted octanol–water partition coefficient (Wildman–Crippen LogP) is 4.62. The fourth-order valence-electron chi connectivity index (χ4n) is 2.76. The first-order chi connectivity index (χ1) is 8.28. The number of hydroxylamine groups is 1. The van der Waals surface area contributed by atoms with E-state index in [1.807, 2.05) is 7.05 Å². The third-order valence-corrected chi connectivity index (χ3v) is 5.36.